The van der Waals surface area contributed by atoms with Crippen molar-refractivity contribution in [1.29, 1.82) is 0 Å². The van der Waals surface area contributed by atoms with Crippen molar-refractivity contribution in [3.05, 3.63) is 30.4 Å². The minimum absolute atomic E-state index is 0.0377. The third-order valence-corrected chi connectivity index (χ3v) is 3.44. The zero-order chi connectivity index (χ0) is 12.5. The molecule has 6 nitrogen and oxygen atoms in total. The maximum absolute atomic E-state index is 12.4. The van der Waals surface area contributed by atoms with E-state index in [2.05, 4.69) is 15.4 Å². The molecule has 1 atom stereocenters. The van der Waals surface area contributed by atoms with Crippen LogP contribution in [0.15, 0.2) is 24.8 Å². The van der Waals surface area contributed by atoms with Gasteiger partial charge in [-0.2, -0.15) is 5.10 Å². The Morgan fingerprint density at radius 2 is 2.39 bits per heavy atom. The lowest BCUT2D eigenvalue weighted by Crippen LogP contribution is -2.33. The van der Waals surface area contributed by atoms with Gasteiger partial charge in [0.05, 0.1) is 23.5 Å². The highest BCUT2D eigenvalue weighted by Crippen LogP contribution is 2.16. The van der Waals surface area contributed by atoms with Crippen LogP contribution in [-0.4, -0.2) is 51.6 Å². The second-order valence-corrected chi connectivity index (χ2v) is 4.49. The molecule has 1 fully saturated rings. The molecule has 0 spiro atoms. The van der Waals surface area contributed by atoms with Crippen LogP contribution in [0.25, 0.3) is 5.52 Å². The molecule has 1 aliphatic rings. The number of likely N-dealkylation sites (tertiary alicyclic amines) is 1. The highest BCUT2D eigenvalue weighted by atomic mass is 16.2. The molecule has 1 amide bonds. The van der Waals surface area contributed by atoms with E-state index in [9.17, 15) is 4.79 Å². The minimum atomic E-state index is 0.0377. The van der Waals surface area contributed by atoms with Gasteiger partial charge in [-0.25, -0.2) is 4.52 Å². The molecule has 1 aliphatic heterocycles. The first kappa shape index (κ1) is 11.2. The number of likely N-dealkylation sites (N-methyl/N-ethyl adjacent to an activating group) is 1. The van der Waals surface area contributed by atoms with E-state index in [-0.39, 0.29) is 5.91 Å². The van der Waals surface area contributed by atoms with Crippen LogP contribution in [0.2, 0.25) is 0 Å². The number of rotatable bonds is 2. The molecule has 18 heavy (non-hydrogen) atoms. The van der Waals surface area contributed by atoms with E-state index in [4.69, 9.17) is 0 Å². The summed E-state index contributed by atoms with van der Waals surface area (Å²) in [5.74, 6) is 0.0377. The Hall–Kier alpha value is -1.95. The number of fused-ring (bicyclic) bond motifs is 1. The summed E-state index contributed by atoms with van der Waals surface area (Å²) in [6.45, 7) is 1.55. The molecule has 0 aromatic carbocycles. The summed E-state index contributed by atoms with van der Waals surface area (Å²) in [6.07, 6.45) is 7.69. The molecule has 1 N–H and O–H groups in total. The predicted molar refractivity (Wildman–Crippen MR) is 66.4 cm³/mol. The van der Waals surface area contributed by atoms with E-state index in [1.165, 1.54) is 0 Å². The van der Waals surface area contributed by atoms with E-state index in [0.29, 0.717) is 11.6 Å². The number of aromatic nitrogens is 3. The van der Waals surface area contributed by atoms with Crippen molar-refractivity contribution in [2.75, 3.05) is 20.1 Å². The number of hydrogen-bond acceptors (Lipinski definition) is 4. The van der Waals surface area contributed by atoms with Crippen molar-refractivity contribution in [2.45, 2.75) is 12.5 Å². The largest absolute Gasteiger partial charge is 0.337 e. The summed E-state index contributed by atoms with van der Waals surface area (Å²) in [4.78, 5) is 18.3. The van der Waals surface area contributed by atoms with Crippen LogP contribution in [-0.2, 0) is 0 Å². The molecule has 0 saturated carbocycles. The Kier molecular flexibility index (Phi) is 2.71. The molecule has 0 aliphatic carbocycles. The fourth-order valence-electron chi connectivity index (χ4n) is 2.35. The van der Waals surface area contributed by atoms with Crippen molar-refractivity contribution in [1.82, 2.24) is 24.8 Å². The summed E-state index contributed by atoms with van der Waals surface area (Å²) >= 11 is 0. The maximum Gasteiger partial charge on any atom is 0.257 e. The third kappa shape index (κ3) is 1.74. The van der Waals surface area contributed by atoms with Gasteiger partial charge in [0.1, 0.15) is 0 Å². The van der Waals surface area contributed by atoms with E-state index in [0.717, 1.165) is 25.0 Å². The van der Waals surface area contributed by atoms with Crippen LogP contribution in [0.5, 0.6) is 0 Å². The van der Waals surface area contributed by atoms with Gasteiger partial charge < -0.3 is 10.2 Å². The Bertz CT molecular complexity index is 579. The number of amides is 1. The minimum Gasteiger partial charge on any atom is -0.337 e. The quantitative estimate of drug-likeness (QED) is 0.819. The molecule has 2 aromatic heterocycles. The summed E-state index contributed by atoms with van der Waals surface area (Å²) < 4.78 is 1.67. The maximum atomic E-state index is 12.4. The number of nitrogens with zero attached hydrogens (tertiary/aromatic N) is 4. The topological polar surface area (TPSA) is 62.5 Å². The number of carbonyl (C=O) groups excluding carboxylic acids is 1. The van der Waals surface area contributed by atoms with E-state index in [1.807, 2.05) is 11.9 Å². The number of nitrogens with one attached hydrogen (secondary N) is 1. The summed E-state index contributed by atoms with van der Waals surface area (Å²) in [6, 6.07) is 0.397. The first-order valence-corrected chi connectivity index (χ1v) is 6.03. The van der Waals surface area contributed by atoms with Gasteiger partial charge in [0.25, 0.3) is 5.91 Å². The van der Waals surface area contributed by atoms with Gasteiger partial charge in [0.15, 0.2) is 0 Å². The Morgan fingerprint density at radius 1 is 1.50 bits per heavy atom. The fourth-order valence-corrected chi connectivity index (χ4v) is 2.35. The normalized spacial score (nSPS) is 19.6. The summed E-state index contributed by atoms with van der Waals surface area (Å²) in [5.41, 5.74) is 1.38. The van der Waals surface area contributed by atoms with Crippen LogP contribution < -0.4 is 5.32 Å². The highest BCUT2D eigenvalue weighted by Gasteiger charge is 2.27. The third-order valence-electron chi connectivity index (χ3n) is 3.44. The summed E-state index contributed by atoms with van der Waals surface area (Å²) in [7, 11) is 1.93. The van der Waals surface area contributed by atoms with Crippen LogP contribution in [0.3, 0.4) is 0 Å². The predicted octanol–water partition coefficient (Wildman–Crippen LogP) is 0.163. The highest BCUT2D eigenvalue weighted by molar-refractivity contribution is 6.00. The van der Waals surface area contributed by atoms with Gasteiger partial charge in [-0.3, -0.25) is 9.78 Å². The molecule has 3 heterocycles. The number of hydrogen-bond donors (Lipinski definition) is 1. The molecular weight excluding hydrogens is 230 g/mol. The zero-order valence-electron chi connectivity index (χ0n) is 10.2. The van der Waals surface area contributed by atoms with Gasteiger partial charge in [0.2, 0.25) is 0 Å². The SMILES string of the molecule is CNC1CCN(C(=O)c2cnn3ccncc23)C1. The summed E-state index contributed by atoms with van der Waals surface area (Å²) in [5, 5.41) is 7.37. The zero-order valence-corrected chi connectivity index (χ0v) is 10.2. The van der Waals surface area contributed by atoms with Gasteiger partial charge in [-0.1, -0.05) is 0 Å². The Labute approximate surface area is 105 Å². The molecule has 1 unspecified atom stereocenters. The van der Waals surface area contributed by atoms with Crippen molar-refractivity contribution in [3.8, 4) is 0 Å². The van der Waals surface area contributed by atoms with Gasteiger partial charge in [0, 0.05) is 31.5 Å². The van der Waals surface area contributed by atoms with Crippen LogP contribution in [0.1, 0.15) is 16.8 Å². The molecular formula is C12H15N5O. The van der Waals surface area contributed by atoms with Crippen LogP contribution in [0, 0.1) is 0 Å². The average molecular weight is 245 g/mol. The second kappa shape index (κ2) is 4.38. The second-order valence-electron chi connectivity index (χ2n) is 4.49. The molecule has 3 rings (SSSR count). The van der Waals surface area contributed by atoms with Crippen molar-refractivity contribution >= 4 is 11.4 Å². The van der Waals surface area contributed by atoms with Crippen molar-refractivity contribution in [2.24, 2.45) is 0 Å². The van der Waals surface area contributed by atoms with E-state index >= 15 is 0 Å². The lowest BCUT2D eigenvalue weighted by molar-refractivity contribution is 0.0791. The molecule has 1 saturated heterocycles. The lowest BCUT2D eigenvalue weighted by Gasteiger charge is -2.15. The molecule has 0 radical (unpaired) electrons. The smallest absolute Gasteiger partial charge is 0.257 e. The van der Waals surface area contributed by atoms with Gasteiger partial charge >= 0.3 is 0 Å². The molecule has 0 bridgehead atoms. The van der Waals surface area contributed by atoms with Gasteiger partial charge in [-0.05, 0) is 13.5 Å². The van der Waals surface area contributed by atoms with E-state index < -0.39 is 0 Å². The van der Waals surface area contributed by atoms with Gasteiger partial charge in [-0.15, -0.1) is 0 Å². The number of carbonyl (C=O) groups is 1. The fraction of sp³-hybridized carbons (Fsp3) is 0.417. The molecule has 94 valence electrons. The molecule has 6 heteroatoms. The Morgan fingerprint density at radius 3 is 3.17 bits per heavy atom. The average Bonchev–Trinajstić information content (AvgIpc) is 3.04. The van der Waals surface area contributed by atoms with Crippen molar-refractivity contribution in [3.63, 3.8) is 0 Å². The standard InChI is InChI=1S/C12H15N5O/c1-13-9-2-4-16(8-9)12(18)10-6-15-17-5-3-14-7-11(10)17/h3,5-7,9,13H,2,4,8H2,1H3. The van der Waals surface area contributed by atoms with Crippen LogP contribution in [0.4, 0.5) is 0 Å². The first-order chi connectivity index (χ1) is 8.79. The first-order valence-electron chi connectivity index (χ1n) is 6.03. The van der Waals surface area contributed by atoms with E-state index in [1.54, 1.807) is 29.3 Å². The van der Waals surface area contributed by atoms with Crippen LogP contribution >= 0.6 is 0 Å². The monoisotopic (exact) mass is 245 g/mol. The lowest BCUT2D eigenvalue weighted by atomic mass is 10.2. The Balaban J connectivity index is 1.89. The van der Waals surface area contributed by atoms with Crippen molar-refractivity contribution < 1.29 is 4.79 Å². The molecule has 2 aromatic rings.